The van der Waals surface area contributed by atoms with E-state index >= 15 is 0 Å². The van der Waals surface area contributed by atoms with Gasteiger partial charge < -0.3 is 11.5 Å². The zero-order valence-electron chi connectivity index (χ0n) is 6.61. The van der Waals surface area contributed by atoms with Gasteiger partial charge in [-0.15, -0.1) is 0 Å². The van der Waals surface area contributed by atoms with Crippen LogP contribution in [0.4, 0.5) is 11.4 Å². The van der Waals surface area contributed by atoms with Crippen molar-refractivity contribution in [2.24, 2.45) is 0 Å². The maximum absolute atomic E-state index is 11.1. The first-order valence-electron chi connectivity index (χ1n) is 3.26. The highest BCUT2D eigenvalue weighted by Gasteiger charge is 2.10. The molecule has 0 aromatic heterocycles. The fourth-order valence-electron chi connectivity index (χ4n) is 0.872. The molecule has 66 valence electrons. The minimum Gasteiger partial charge on any atom is -0.399 e. The van der Waals surface area contributed by atoms with Crippen LogP contribution in [0.15, 0.2) is 23.1 Å². The predicted octanol–water partition coefficient (Wildman–Crippen LogP) is 0.255. The third kappa shape index (κ3) is 1.68. The molecule has 0 aliphatic carbocycles. The van der Waals surface area contributed by atoms with Crippen LogP contribution < -0.4 is 11.5 Å². The Morgan fingerprint density at radius 3 is 2.25 bits per heavy atom. The van der Waals surface area contributed by atoms with E-state index in [-0.39, 0.29) is 10.6 Å². The molecule has 0 aliphatic heterocycles. The van der Waals surface area contributed by atoms with Gasteiger partial charge in [0.25, 0.3) is 0 Å². The van der Waals surface area contributed by atoms with Crippen molar-refractivity contribution in [2.75, 3.05) is 17.7 Å². The van der Waals surface area contributed by atoms with Gasteiger partial charge in [0, 0.05) is 11.9 Å². The van der Waals surface area contributed by atoms with Crippen molar-refractivity contribution in [1.29, 1.82) is 0 Å². The molecule has 0 atom stereocenters. The first-order chi connectivity index (χ1) is 5.41. The molecule has 1 aromatic carbocycles. The van der Waals surface area contributed by atoms with Gasteiger partial charge in [0.15, 0.2) is 9.84 Å². The van der Waals surface area contributed by atoms with E-state index in [0.29, 0.717) is 5.69 Å². The first-order valence-corrected chi connectivity index (χ1v) is 5.15. The van der Waals surface area contributed by atoms with Crippen molar-refractivity contribution in [3.05, 3.63) is 18.2 Å². The molecule has 0 spiro atoms. The standard InChI is InChI=1S/C7H10N2O2S/c1-12(10,11)7-4-5(8)2-3-6(7)9/h2-4H,8-9H2,1H3. The summed E-state index contributed by atoms with van der Waals surface area (Å²) in [5.41, 5.74) is 11.5. The van der Waals surface area contributed by atoms with Crippen LogP contribution in [0, 0.1) is 0 Å². The van der Waals surface area contributed by atoms with Crippen LogP contribution in [0.3, 0.4) is 0 Å². The lowest BCUT2D eigenvalue weighted by atomic mass is 10.3. The van der Waals surface area contributed by atoms with Gasteiger partial charge in [-0.1, -0.05) is 0 Å². The molecule has 4 nitrogen and oxygen atoms in total. The zero-order chi connectivity index (χ0) is 9.35. The summed E-state index contributed by atoms with van der Waals surface area (Å²) in [5, 5.41) is 0. The second kappa shape index (κ2) is 2.67. The molecule has 0 fully saturated rings. The number of nitrogen functional groups attached to an aromatic ring is 2. The van der Waals surface area contributed by atoms with Gasteiger partial charge in [-0.05, 0) is 18.2 Å². The average molecular weight is 186 g/mol. The van der Waals surface area contributed by atoms with Crippen molar-refractivity contribution in [2.45, 2.75) is 4.90 Å². The van der Waals surface area contributed by atoms with Gasteiger partial charge >= 0.3 is 0 Å². The molecule has 0 aliphatic rings. The number of hydrogen-bond donors (Lipinski definition) is 2. The Bertz CT molecular complexity index is 398. The lowest BCUT2D eigenvalue weighted by molar-refractivity contribution is 0.602. The van der Waals surface area contributed by atoms with Crippen LogP contribution in [0.2, 0.25) is 0 Å². The lowest BCUT2D eigenvalue weighted by Gasteiger charge is -2.03. The Kier molecular flexibility index (Phi) is 1.97. The molecule has 1 rings (SSSR count). The van der Waals surface area contributed by atoms with Gasteiger partial charge in [0.2, 0.25) is 0 Å². The monoisotopic (exact) mass is 186 g/mol. The molecule has 0 amide bonds. The largest absolute Gasteiger partial charge is 0.399 e. The van der Waals surface area contributed by atoms with E-state index in [4.69, 9.17) is 11.5 Å². The van der Waals surface area contributed by atoms with E-state index in [1.807, 2.05) is 0 Å². The third-order valence-corrected chi connectivity index (χ3v) is 2.59. The van der Waals surface area contributed by atoms with Crippen molar-refractivity contribution in [1.82, 2.24) is 0 Å². The Morgan fingerprint density at radius 2 is 1.83 bits per heavy atom. The number of rotatable bonds is 1. The summed E-state index contributed by atoms with van der Waals surface area (Å²) >= 11 is 0. The Morgan fingerprint density at radius 1 is 1.25 bits per heavy atom. The summed E-state index contributed by atoms with van der Waals surface area (Å²) in [6.07, 6.45) is 1.10. The van der Waals surface area contributed by atoms with E-state index in [2.05, 4.69) is 0 Å². The SMILES string of the molecule is CS(=O)(=O)c1cc(N)ccc1N. The summed E-state index contributed by atoms with van der Waals surface area (Å²) in [7, 11) is -3.26. The van der Waals surface area contributed by atoms with Crippen LogP contribution in [0.25, 0.3) is 0 Å². The zero-order valence-corrected chi connectivity index (χ0v) is 7.43. The number of nitrogens with two attached hydrogens (primary N) is 2. The van der Waals surface area contributed by atoms with E-state index < -0.39 is 9.84 Å². The molecule has 0 saturated heterocycles. The molecular formula is C7H10N2O2S. The van der Waals surface area contributed by atoms with E-state index in [1.165, 1.54) is 12.1 Å². The summed E-state index contributed by atoms with van der Waals surface area (Å²) < 4.78 is 22.1. The highest BCUT2D eigenvalue weighted by molar-refractivity contribution is 7.90. The fourth-order valence-corrected chi connectivity index (χ4v) is 1.72. The van der Waals surface area contributed by atoms with Crippen molar-refractivity contribution >= 4 is 21.2 Å². The summed E-state index contributed by atoms with van der Waals surface area (Å²) in [5.74, 6) is 0. The van der Waals surface area contributed by atoms with Crippen molar-refractivity contribution in [3.63, 3.8) is 0 Å². The number of sulfone groups is 1. The predicted molar refractivity (Wildman–Crippen MR) is 48.4 cm³/mol. The molecular weight excluding hydrogens is 176 g/mol. The highest BCUT2D eigenvalue weighted by Crippen LogP contribution is 2.20. The summed E-state index contributed by atoms with van der Waals surface area (Å²) in [6, 6.07) is 4.39. The molecule has 0 radical (unpaired) electrons. The number of anilines is 2. The fraction of sp³-hybridized carbons (Fsp3) is 0.143. The number of hydrogen-bond acceptors (Lipinski definition) is 4. The lowest BCUT2D eigenvalue weighted by Crippen LogP contribution is -2.03. The molecule has 1 aromatic rings. The maximum atomic E-state index is 11.1. The molecule has 0 saturated carbocycles. The smallest absolute Gasteiger partial charge is 0.177 e. The van der Waals surface area contributed by atoms with E-state index in [9.17, 15) is 8.42 Å². The molecule has 0 bridgehead atoms. The van der Waals surface area contributed by atoms with Crippen molar-refractivity contribution < 1.29 is 8.42 Å². The van der Waals surface area contributed by atoms with Crippen LogP contribution in [0.1, 0.15) is 0 Å². The molecule has 0 heterocycles. The van der Waals surface area contributed by atoms with E-state index in [1.54, 1.807) is 6.07 Å². The van der Waals surface area contributed by atoms with Gasteiger partial charge in [0.1, 0.15) is 0 Å². The number of benzene rings is 1. The third-order valence-electron chi connectivity index (χ3n) is 1.44. The maximum Gasteiger partial charge on any atom is 0.177 e. The minimum atomic E-state index is -3.26. The van der Waals surface area contributed by atoms with Crippen LogP contribution in [-0.4, -0.2) is 14.7 Å². The van der Waals surface area contributed by atoms with Gasteiger partial charge in [-0.25, -0.2) is 8.42 Å². The Hall–Kier alpha value is -1.23. The Labute approximate surface area is 71.1 Å². The van der Waals surface area contributed by atoms with Crippen LogP contribution >= 0.6 is 0 Å². The highest BCUT2D eigenvalue weighted by atomic mass is 32.2. The Balaban J connectivity index is 3.43. The average Bonchev–Trinajstić information content (AvgIpc) is 1.92. The van der Waals surface area contributed by atoms with Crippen LogP contribution in [0.5, 0.6) is 0 Å². The normalized spacial score (nSPS) is 11.4. The minimum absolute atomic E-state index is 0.0856. The topological polar surface area (TPSA) is 86.2 Å². The van der Waals surface area contributed by atoms with Gasteiger partial charge in [0.05, 0.1) is 10.6 Å². The first kappa shape index (κ1) is 8.86. The summed E-state index contributed by atoms with van der Waals surface area (Å²) in [4.78, 5) is 0.0856. The summed E-state index contributed by atoms with van der Waals surface area (Å²) in [6.45, 7) is 0. The molecule has 5 heteroatoms. The van der Waals surface area contributed by atoms with Crippen molar-refractivity contribution in [3.8, 4) is 0 Å². The molecule has 12 heavy (non-hydrogen) atoms. The van der Waals surface area contributed by atoms with E-state index in [0.717, 1.165) is 6.26 Å². The van der Waals surface area contributed by atoms with Gasteiger partial charge in [-0.2, -0.15) is 0 Å². The second-order valence-electron chi connectivity index (χ2n) is 2.57. The quantitative estimate of drug-likeness (QED) is 0.616. The molecule has 4 N–H and O–H groups in total. The van der Waals surface area contributed by atoms with Gasteiger partial charge in [-0.3, -0.25) is 0 Å². The molecule has 0 unspecified atom stereocenters. The second-order valence-corrected chi connectivity index (χ2v) is 4.55. The van der Waals surface area contributed by atoms with Crippen LogP contribution in [-0.2, 0) is 9.84 Å².